The Labute approximate surface area is 120 Å². The molecule has 110 valence electrons. The zero-order valence-electron chi connectivity index (χ0n) is 11.1. The molecule has 0 spiro atoms. The van der Waals surface area contributed by atoms with E-state index in [9.17, 15) is 14.9 Å². The molecule has 0 aliphatic carbocycles. The van der Waals surface area contributed by atoms with Gasteiger partial charge in [0.25, 0.3) is 11.6 Å². The molecule has 21 heavy (non-hydrogen) atoms. The molecule has 0 fully saturated rings. The smallest absolute Gasteiger partial charge is 0.269 e. The van der Waals surface area contributed by atoms with Crippen molar-refractivity contribution in [2.75, 3.05) is 13.2 Å². The fourth-order valence-electron chi connectivity index (χ4n) is 1.62. The van der Waals surface area contributed by atoms with E-state index in [1.54, 1.807) is 12.4 Å². The minimum Gasteiger partial charge on any atom is -0.484 e. The fraction of sp³-hybridized carbons (Fsp3) is 0.231. The number of nitrogens with zero attached hydrogens (tertiary/aromatic N) is 2. The first-order chi connectivity index (χ1) is 10.1. The molecule has 0 unspecified atom stereocenters. The summed E-state index contributed by atoms with van der Waals surface area (Å²) in [5.41, 5.74) is -0.0229. The van der Waals surface area contributed by atoms with Crippen LogP contribution in [0.1, 0.15) is 5.82 Å². The van der Waals surface area contributed by atoms with Gasteiger partial charge in [-0.1, -0.05) is 0 Å². The Morgan fingerprint density at radius 2 is 2.14 bits per heavy atom. The molecule has 2 aromatic rings. The molecule has 0 saturated carbocycles. The van der Waals surface area contributed by atoms with Gasteiger partial charge in [-0.3, -0.25) is 14.9 Å². The number of nitro groups is 1. The van der Waals surface area contributed by atoms with E-state index in [2.05, 4.69) is 15.3 Å². The van der Waals surface area contributed by atoms with Crippen LogP contribution < -0.4 is 10.1 Å². The molecule has 2 N–H and O–H groups in total. The maximum absolute atomic E-state index is 11.5. The van der Waals surface area contributed by atoms with E-state index in [1.165, 1.54) is 24.3 Å². The first-order valence-corrected chi connectivity index (χ1v) is 6.27. The summed E-state index contributed by atoms with van der Waals surface area (Å²) in [6.07, 6.45) is 3.97. The van der Waals surface area contributed by atoms with E-state index in [4.69, 9.17) is 4.74 Å². The molecule has 2 rings (SSSR count). The van der Waals surface area contributed by atoms with Crippen LogP contribution in [0.2, 0.25) is 0 Å². The van der Waals surface area contributed by atoms with Crippen LogP contribution in [-0.2, 0) is 11.2 Å². The third-order valence-corrected chi connectivity index (χ3v) is 2.66. The van der Waals surface area contributed by atoms with Gasteiger partial charge in [0.15, 0.2) is 6.61 Å². The van der Waals surface area contributed by atoms with Gasteiger partial charge < -0.3 is 15.0 Å². The number of carbonyl (C=O) groups excluding carboxylic acids is 1. The molecule has 8 heteroatoms. The number of imidazole rings is 1. The highest BCUT2D eigenvalue weighted by Gasteiger charge is 2.06. The molecule has 0 radical (unpaired) electrons. The van der Waals surface area contributed by atoms with Crippen molar-refractivity contribution in [3.8, 4) is 5.75 Å². The Morgan fingerprint density at radius 1 is 1.38 bits per heavy atom. The van der Waals surface area contributed by atoms with Crippen molar-refractivity contribution in [2.24, 2.45) is 0 Å². The van der Waals surface area contributed by atoms with E-state index < -0.39 is 4.92 Å². The highest BCUT2D eigenvalue weighted by molar-refractivity contribution is 5.77. The lowest BCUT2D eigenvalue weighted by molar-refractivity contribution is -0.384. The summed E-state index contributed by atoms with van der Waals surface area (Å²) in [4.78, 5) is 28.5. The zero-order valence-corrected chi connectivity index (χ0v) is 11.1. The average molecular weight is 290 g/mol. The fourth-order valence-corrected chi connectivity index (χ4v) is 1.62. The van der Waals surface area contributed by atoms with Gasteiger partial charge in [-0.05, 0) is 12.1 Å². The van der Waals surface area contributed by atoms with E-state index in [-0.39, 0.29) is 18.2 Å². The van der Waals surface area contributed by atoms with Crippen LogP contribution >= 0.6 is 0 Å². The molecule has 0 bridgehead atoms. The number of non-ortho nitro benzene ring substituents is 1. The van der Waals surface area contributed by atoms with Gasteiger partial charge in [0, 0.05) is 37.5 Å². The number of rotatable bonds is 7. The molecule has 1 amide bonds. The first-order valence-electron chi connectivity index (χ1n) is 6.27. The summed E-state index contributed by atoms with van der Waals surface area (Å²) in [6.45, 7) is 0.311. The number of hydrogen-bond acceptors (Lipinski definition) is 5. The summed E-state index contributed by atoms with van der Waals surface area (Å²) in [7, 11) is 0. The van der Waals surface area contributed by atoms with Crippen molar-refractivity contribution in [1.82, 2.24) is 15.3 Å². The Bertz CT molecular complexity index is 595. The van der Waals surface area contributed by atoms with Gasteiger partial charge >= 0.3 is 0 Å². The predicted molar refractivity (Wildman–Crippen MR) is 73.9 cm³/mol. The van der Waals surface area contributed by atoms with Crippen LogP contribution in [0.4, 0.5) is 5.69 Å². The van der Waals surface area contributed by atoms with E-state index in [1.807, 2.05) is 0 Å². The number of carbonyl (C=O) groups is 1. The van der Waals surface area contributed by atoms with Crippen molar-refractivity contribution in [3.05, 3.63) is 52.6 Å². The summed E-state index contributed by atoms with van der Waals surface area (Å²) in [6, 6.07) is 5.55. The third-order valence-electron chi connectivity index (χ3n) is 2.66. The molecule has 0 aliphatic rings. The molecular weight excluding hydrogens is 276 g/mol. The molecular formula is C13H14N4O4. The van der Waals surface area contributed by atoms with Crippen LogP contribution in [0.25, 0.3) is 0 Å². The Balaban J connectivity index is 1.69. The number of ether oxygens (including phenoxy) is 1. The summed E-state index contributed by atoms with van der Waals surface area (Å²) in [5, 5.41) is 13.2. The quantitative estimate of drug-likeness (QED) is 0.585. The number of H-pyrrole nitrogens is 1. The van der Waals surface area contributed by atoms with Gasteiger partial charge in [0.05, 0.1) is 4.92 Å². The maximum atomic E-state index is 11.5. The SMILES string of the molecule is O=C(COc1ccc([N+](=O)[O-])cc1)NCCc1ncc[nH]1. The summed E-state index contributed by atoms with van der Waals surface area (Å²) < 4.78 is 5.23. The van der Waals surface area contributed by atoms with Gasteiger partial charge in [-0.25, -0.2) is 4.98 Å². The largest absolute Gasteiger partial charge is 0.484 e. The minimum atomic E-state index is -0.495. The second-order valence-corrected chi connectivity index (χ2v) is 4.18. The summed E-state index contributed by atoms with van der Waals surface area (Å²) in [5.74, 6) is 0.938. The molecule has 0 saturated heterocycles. The average Bonchev–Trinajstić information content (AvgIpc) is 2.99. The zero-order chi connectivity index (χ0) is 15.1. The predicted octanol–water partition coefficient (Wildman–Crippen LogP) is 1.06. The van der Waals surface area contributed by atoms with Crippen molar-refractivity contribution in [2.45, 2.75) is 6.42 Å². The van der Waals surface area contributed by atoms with Gasteiger partial charge in [0.1, 0.15) is 11.6 Å². The van der Waals surface area contributed by atoms with E-state index >= 15 is 0 Å². The standard InChI is InChI=1S/C13H14N4O4/c18-13(16-6-5-12-14-7-8-15-12)9-21-11-3-1-10(2-4-11)17(19)20/h1-4,7-8H,5-6,9H2,(H,14,15)(H,16,18). The minimum absolute atomic E-state index is 0.0229. The molecule has 0 aliphatic heterocycles. The maximum Gasteiger partial charge on any atom is 0.269 e. The molecule has 8 nitrogen and oxygen atoms in total. The lowest BCUT2D eigenvalue weighted by atomic mass is 10.3. The monoisotopic (exact) mass is 290 g/mol. The number of hydrogen-bond donors (Lipinski definition) is 2. The van der Waals surface area contributed by atoms with Gasteiger partial charge in [-0.15, -0.1) is 0 Å². The van der Waals surface area contributed by atoms with Crippen molar-refractivity contribution in [1.29, 1.82) is 0 Å². The Kier molecular flexibility index (Phi) is 4.86. The van der Waals surface area contributed by atoms with Crippen molar-refractivity contribution < 1.29 is 14.5 Å². The lowest BCUT2D eigenvalue weighted by Gasteiger charge is -2.06. The van der Waals surface area contributed by atoms with Crippen molar-refractivity contribution in [3.63, 3.8) is 0 Å². The first kappa shape index (κ1) is 14.5. The topological polar surface area (TPSA) is 110 Å². The van der Waals surface area contributed by atoms with Crippen LogP contribution in [0, 0.1) is 10.1 Å². The van der Waals surface area contributed by atoms with E-state index in [0.717, 1.165) is 5.82 Å². The molecule has 0 atom stereocenters. The highest BCUT2D eigenvalue weighted by atomic mass is 16.6. The highest BCUT2D eigenvalue weighted by Crippen LogP contribution is 2.16. The number of nitrogens with one attached hydrogen (secondary N) is 2. The van der Waals surface area contributed by atoms with E-state index in [0.29, 0.717) is 18.7 Å². The van der Waals surface area contributed by atoms with Crippen molar-refractivity contribution >= 4 is 11.6 Å². The van der Waals surface area contributed by atoms with Crippen LogP contribution in [-0.4, -0.2) is 34.0 Å². The Morgan fingerprint density at radius 3 is 2.76 bits per heavy atom. The lowest BCUT2D eigenvalue weighted by Crippen LogP contribution is -2.30. The summed E-state index contributed by atoms with van der Waals surface area (Å²) >= 11 is 0. The van der Waals surface area contributed by atoms with Crippen LogP contribution in [0.5, 0.6) is 5.75 Å². The number of benzene rings is 1. The normalized spacial score (nSPS) is 10.1. The number of aromatic amines is 1. The second-order valence-electron chi connectivity index (χ2n) is 4.18. The molecule has 1 heterocycles. The van der Waals surface area contributed by atoms with Gasteiger partial charge in [0.2, 0.25) is 0 Å². The molecule has 1 aromatic carbocycles. The number of amides is 1. The van der Waals surface area contributed by atoms with Crippen LogP contribution in [0.3, 0.4) is 0 Å². The number of nitro benzene ring substituents is 1. The molecule has 1 aromatic heterocycles. The Hall–Kier alpha value is -2.90. The van der Waals surface area contributed by atoms with Crippen LogP contribution in [0.15, 0.2) is 36.7 Å². The number of aromatic nitrogens is 2. The third kappa shape index (κ3) is 4.60. The van der Waals surface area contributed by atoms with Gasteiger partial charge in [-0.2, -0.15) is 0 Å². The second kappa shape index (κ2) is 7.04.